The maximum atomic E-state index is 12.0. The Hall–Kier alpha value is -1.51. The molecule has 86 valence electrons. The second-order valence-electron chi connectivity index (χ2n) is 4.29. The number of carbonyl (C=O) groups excluding carboxylic acids is 1. The van der Waals surface area contributed by atoms with Crippen molar-refractivity contribution in [3.63, 3.8) is 0 Å². The van der Waals surface area contributed by atoms with Gasteiger partial charge >= 0.3 is 0 Å². The summed E-state index contributed by atoms with van der Waals surface area (Å²) >= 11 is 0. The second-order valence-corrected chi connectivity index (χ2v) is 4.29. The van der Waals surface area contributed by atoms with Crippen molar-refractivity contribution in [1.29, 1.82) is 0 Å². The number of likely N-dealkylation sites (N-methyl/N-ethyl adjacent to an activating group) is 1. The Kier molecular flexibility index (Phi) is 3.13. The molecule has 0 radical (unpaired) electrons. The maximum absolute atomic E-state index is 12.0. The van der Waals surface area contributed by atoms with Crippen molar-refractivity contribution in [2.45, 2.75) is 32.2 Å². The number of anilines is 1. The number of benzene rings is 1. The molecular weight excluding hydrogens is 200 g/mol. The Balaban J connectivity index is 2.03. The molecule has 1 aromatic carbocycles. The smallest absolute Gasteiger partial charge is 0.227 e. The molecule has 0 saturated heterocycles. The third kappa shape index (κ3) is 2.35. The summed E-state index contributed by atoms with van der Waals surface area (Å²) in [7, 11) is 0. The van der Waals surface area contributed by atoms with E-state index in [1.807, 2.05) is 36.1 Å². The summed E-state index contributed by atoms with van der Waals surface area (Å²) in [6.45, 7) is 2.83. The number of amides is 1. The van der Waals surface area contributed by atoms with Crippen molar-refractivity contribution in [3.8, 4) is 0 Å². The molecule has 0 bridgehead atoms. The molecule has 2 rings (SSSR count). The van der Waals surface area contributed by atoms with E-state index < -0.39 is 0 Å². The highest BCUT2D eigenvalue weighted by Crippen LogP contribution is 2.27. The van der Waals surface area contributed by atoms with Crippen LogP contribution in [0.1, 0.15) is 25.3 Å². The van der Waals surface area contributed by atoms with Crippen molar-refractivity contribution < 1.29 is 4.79 Å². The molecule has 1 amide bonds. The van der Waals surface area contributed by atoms with Crippen LogP contribution in [0.4, 0.5) is 5.69 Å². The molecule has 0 unspecified atom stereocenters. The van der Waals surface area contributed by atoms with Crippen LogP contribution in [-0.2, 0) is 11.2 Å². The van der Waals surface area contributed by atoms with Gasteiger partial charge in [0.25, 0.3) is 0 Å². The van der Waals surface area contributed by atoms with Crippen LogP contribution in [0.2, 0.25) is 0 Å². The predicted molar refractivity (Wildman–Crippen MR) is 65.0 cm³/mol. The fourth-order valence-electron chi connectivity index (χ4n) is 1.98. The van der Waals surface area contributed by atoms with Crippen molar-refractivity contribution in [3.05, 3.63) is 29.8 Å². The van der Waals surface area contributed by atoms with E-state index in [-0.39, 0.29) is 5.91 Å². The van der Waals surface area contributed by atoms with E-state index in [2.05, 4.69) is 0 Å². The lowest BCUT2D eigenvalue weighted by Gasteiger charge is -2.20. The molecule has 0 atom stereocenters. The Morgan fingerprint density at radius 1 is 1.44 bits per heavy atom. The molecule has 0 aromatic heterocycles. The Morgan fingerprint density at radius 2 is 2.12 bits per heavy atom. The van der Waals surface area contributed by atoms with Gasteiger partial charge in [0, 0.05) is 18.3 Å². The summed E-state index contributed by atoms with van der Waals surface area (Å²) in [4.78, 5) is 14.0. The van der Waals surface area contributed by atoms with Crippen LogP contribution >= 0.6 is 0 Å². The normalized spacial score (nSPS) is 14.8. The Morgan fingerprint density at radius 3 is 2.69 bits per heavy atom. The van der Waals surface area contributed by atoms with Gasteiger partial charge in [0.05, 0.1) is 6.42 Å². The fraction of sp³-hybridized carbons (Fsp3) is 0.462. The maximum Gasteiger partial charge on any atom is 0.227 e. The van der Waals surface area contributed by atoms with E-state index in [1.54, 1.807) is 0 Å². The highest BCUT2D eigenvalue weighted by atomic mass is 16.2. The highest BCUT2D eigenvalue weighted by molar-refractivity contribution is 5.80. The predicted octanol–water partition coefficient (Wildman–Crippen LogP) is 1.82. The average Bonchev–Trinajstić information content (AvgIpc) is 3.07. The topological polar surface area (TPSA) is 46.3 Å². The van der Waals surface area contributed by atoms with Crippen molar-refractivity contribution in [2.24, 2.45) is 0 Å². The molecular formula is C13H18N2O. The van der Waals surface area contributed by atoms with Crippen LogP contribution in [0.25, 0.3) is 0 Å². The summed E-state index contributed by atoms with van der Waals surface area (Å²) in [6.07, 6.45) is 2.74. The molecule has 2 N–H and O–H groups in total. The number of hydrogen-bond donors (Lipinski definition) is 1. The molecule has 0 heterocycles. The first-order valence-corrected chi connectivity index (χ1v) is 5.85. The SMILES string of the molecule is CCN(C(=O)Cc1ccccc1N)C1CC1. The zero-order valence-electron chi connectivity index (χ0n) is 9.65. The number of hydrogen-bond acceptors (Lipinski definition) is 2. The van der Waals surface area contributed by atoms with Gasteiger partial charge in [0.2, 0.25) is 5.91 Å². The standard InChI is InChI=1S/C13H18N2O/c1-2-15(11-7-8-11)13(16)9-10-5-3-4-6-12(10)14/h3-6,11H,2,7-9,14H2,1H3. The zero-order valence-corrected chi connectivity index (χ0v) is 9.65. The summed E-state index contributed by atoms with van der Waals surface area (Å²) in [6, 6.07) is 8.07. The third-order valence-electron chi connectivity index (χ3n) is 3.05. The number of carbonyl (C=O) groups is 1. The van der Waals surface area contributed by atoms with Crippen LogP contribution in [0, 0.1) is 0 Å². The van der Waals surface area contributed by atoms with Crippen LogP contribution in [0.15, 0.2) is 24.3 Å². The van der Waals surface area contributed by atoms with Gasteiger partial charge in [0.15, 0.2) is 0 Å². The number of nitrogens with two attached hydrogens (primary N) is 1. The Labute approximate surface area is 96.2 Å². The van der Waals surface area contributed by atoms with E-state index in [9.17, 15) is 4.79 Å². The molecule has 3 heteroatoms. The minimum atomic E-state index is 0.197. The number of nitrogens with zero attached hydrogens (tertiary/aromatic N) is 1. The summed E-state index contributed by atoms with van der Waals surface area (Å²) in [5.41, 5.74) is 7.48. The van der Waals surface area contributed by atoms with Gasteiger partial charge < -0.3 is 10.6 Å². The Bertz CT molecular complexity index is 385. The number of nitrogen functional groups attached to an aromatic ring is 1. The molecule has 3 nitrogen and oxygen atoms in total. The zero-order chi connectivity index (χ0) is 11.5. The summed E-state index contributed by atoms with van der Waals surface area (Å²) in [5.74, 6) is 0.197. The average molecular weight is 218 g/mol. The van der Waals surface area contributed by atoms with Crippen LogP contribution in [0.5, 0.6) is 0 Å². The minimum absolute atomic E-state index is 0.197. The van der Waals surface area contributed by atoms with Gasteiger partial charge in [-0.05, 0) is 31.4 Å². The molecule has 1 fully saturated rings. The van der Waals surface area contributed by atoms with Crippen molar-refractivity contribution in [1.82, 2.24) is 4.90 Å². The van der Waals surface area contributed by atoms with Gasteiger partial charge in [-0.1, -0.05) is 18.2 Å². The quantitative estimate of drug-likeness (QED) is 0.784. The number of rotatable bonds is 4. The van der Waals surface area contributed by atoms with Gasteiger partial charge in [-0.25, -0.2) is 0 Å². The lowest BCUT2D eigenvalue weighted by Crippen LogP contribution is -2.34. The van der Waals surface area contributed by atoms with Crippen LogP contribution in [-0.4, -0.2) is 23.4 Å². The number of para-hydroxylation sites is 1. The largest absolute Gasteiger partial charge is 0.398 e. The molecule has 1 saturated carbocycles. The molecule has 1 aromatic rings. The molecule has 16 heavy (non-hydrogen) atoms. The highest BCUT2D eigenvalue weighted by Gasteiger charge is 2.31. The first-order chi connectivity index (χ1) is 7.72. The molecule has 0 spiro atoms. The lowest BCUT2D eigenvalue weighted by molar-refractivity contribution is -0.130. The van der Waals surface area contributed by atoms with Crippen LogP contribution < -0.4 is 5.73 Å². The monoisotopic (exact) mass is 218 g/mol. The van der Waals surface area contributed by atoms with Gasteiger partial charge in [-0.3, -0.25) is 4.79 Å². The van der Waals surface area contributed by atoms with Crippen molar-refractivity contribution >= 4 is 11.6 Å². The van der Waals surface area contributed by atoms with E-state index in [0.717, 1.165) is 24.9 Å². The van der Waals surface area contributed by atoms with Crippen LogP contribution in [0.3, 0.4) is 0 Å². The van der Waals surface area contributed by atoms with Gasteiger partial charge in [0.1, 0.15) is 0 Å². The lowest BCUT2D eigenvalue weighted by atomic mass is 10.1. The molecule has 0 aliphatic heterocycles. The second kappa shape index (κ2) is 4.56. The summed E-state index contributed by atoms with van der Waals surface area (Å²) < 4.78 is 0. The minimum Gasteiger partial charge on any atom is -0.398 e. The van der Waals surface area contributed by atoms with Gasteiger partial charge in [-0.2, -0.15) is 0 Å². The van der Waals surface area contributed by atoms with E-state index >= 15 is 0 Å². The first-order valence-electron chi connectivity index (χ1n) is 5.85. The van der Waals surface area contributed by atoms with E-state index in [4.69, 9.17) is 5.73 Å². The van der Waals surface area contributed by atoms with E-state index in [1.165, 1.54) is 0 Å². The third-order valence-corrected chi connectivity index (χ3v) is 3.05. The summed E-state index contributed by atoms with van der Waals surface area (Å²) in [5, 5.41) is 0. The fourth-order valence-corrected chi connectivity index (χ4v) is 1.98. The van der Waals surface area contributed by atoms with E-state index in [0.29, 0.717) is 18.2 Å². The molecule has 1 aliphatic rings. The first kappa shape index (κ1) is 11.0. The molecule has 1 aliphatic carbocycles. The van der Waals surface area contributed by atoms with Crippen molar-refractivity contribution in [2.75, 3.05) is 12.3 Å². The van der Waals surface area contributed by atoms with Gasteiger partial charge in [-0.15, -0.1) is 0 Å².